The van der Waals surface area contributed by atoms with Crippen LogP contribution in [0.5, 0.6) is 0 Å². The van der Waals surface area contributed by atoms with E-state index in [1.54, 1.807) is 0 Å². The third kappa shape index (κ3) is 4.06. The zero-order chi connectivity index (χ0) is 19.5. The molecule has 142 valence electrons. The van der Waals surface area contributed by atoms with Gasteiger partial charge in [0.2, 0.25) is 11.8 Å². The molecule has 2 amide bonds. The summed E-state index contributed by atoms with van der Waals surface area (Å²) < 4.78 is 0. The molecule has 0 saturated carbocycles. The molecule has 4 rings (SSSR count). The third-order valence-electron chi connectivity index (χ3n) is 5.31. The van der Waals surface area contributed by atoms with Gasteiger partial charge in [-0.1, -0.05) is 72.3 Å². The molecule has 1 saturated heterocycles. The van der Waals surface area contributed by atoms with Crippen molar-refractivity contribution in [2.75, 3.05) is 6.54 Å². The molecule has 28 heavy (non-hydrogen) atoms. The van der Waals surface area contributed by atoms with Gasteiger partial charge in [0, 0.05) is 13.1 Å². The van der Waals surface area contributed by atoms with Gasteiger partial charge in [0.15, 0.2) is 0 Å². The van der Waals surface area contributed by atoms with Gasteiger partial charge in [0.25, 0.3) is 0 Å². The number of carbonyl (C=O) groups excluding carboxylic acids is 2. The van der Waals surface area contributed by atoms with E-state index in [0.717, 1.165) is 21.9 Å². The van der Waals surface area contributed by atoms with Crippen LogP contribution in [0.15, 0.2) is 66.7 Å². The zero-order valence-corrected chi connectivity index (χ0v) is 16.0. The number of amides is 2. The molecule has 0 aliphatic carbocycles. The SMILES string of the molecule is Cc1ccc(CN2CC[C@@H](NC(=O)Cc3ccc4ccccc4c3)C2=O)cc1. The molecular formula is C24H24N2O2. The second-order valence-corrected chi connectivity index (χ2v) is 7.51. The van der Waals surface area contributed by atoms with Crippen LogP contribution in [0.3, 0.4) is 0 Å². The van der Waals surface area contributed by atoms with E-state index in [1.165, 1.54) is 5.56 Å². The number of benzene rings is 3. The summed E-state index contributed by atoms with van der Waals surface area (Å²) in [5, 5.41) is 5.20. The van der Waals surface area contributed by atoms with Crippen LogP contribution in [0, 0.1) is 6.92 Å². The van der Waals surface area contributed by atoms with Crippen LogP contribution in [0.4, 0.5) is 0 Å². The van der Waals surface area contributed by atoms with Crippen molar-refractivity contribution in [1.82, 2.24) is 10.2 Å². The molecule has 1 heterocycles. The molecule has 1 N–H and O–H groups in total. The molecule has 1 aliphatic heterocycles. The molecule has 0 aromatic heterocycles. The Hall–Kier alpha value is -3.14. The topological polar surface area (TPSA) is 49.4 Å². The first-order valence-electron chi connectivity index (χ1n) is 9.70. The van der Waals surface area contributed by atoms with Crippen molar-refractivity contribution in [2.24, 2.45) is 0 Å². The van der Waals surface area contributed by atoms with E-state index < -0.39 is 6.04 Å². The van der Waals surface area contributed by atoms with Crippen molar-refractivity contribution < 1.29 is 9.59 Å². The lowest BCUT2D eigenvalue weighted by atomic mass is 10.0. The van der Waals surface area contributed by atoms with Crippen molar-refractivity contribution in [3.63, 3.8) is 0 Å². The molecule has 1 atom stereocenters. The zero-order valence-electron chi connectivity index (χ0n) is 16.0. The van der Waals surface area contributed by atoms with Crippen molar-refractivity contribution in [3.05, 3.63) is 83.4 Å². The van der Waals surface area contributed by atoms with Crippen LogP contribution in [0.25, 0.3) is 10.8 Å². The first kappa shape index (κ1) is 18.2. The summed E-state index contributed by atoms with van der Waals surface area (Å²) in [5.41, 5.74) is 3.27. The normalized spacial score (nSPS) is 16.5. The maximum absolute atomic E-state index is 12.7. The highest BCUT2D eigenvalue weighted by atomic mass is 16.2. The van der Waals surface area contributed by atoms with Gasteiger partial charge in [0.1, 0.15) is 6.04 Å². The molecule has 0 radical (unpaired) electrons. The maximum atomic E-state index is 12.7. The molecule has 0 bridgehead atoms. The van der Waals surface area contributed by atoms with E-state index in [4.69, 9.17) is 0 Å². The van der Waals surface area contributed by atoms with Gasteiger partial charge in [-0.3, -0.25) is 9.59 Å². The van der Waals surface area contributed by atoms with Gasteiger partial charge >= 0.3 is 0 Å². The quantitative estimate of drug-likeness (QED) is 0.744. The fourth-order valence-electron chi connectivity index (χ4n) is 3.72. The third-order valence-corrected chi connectivity index (χ3v) is 5.31. The van der Waals surface area contributed by atoms with Crippen molar-refractivity contribution in [3.8, 4) is 0 Å². The molecular weight excluding hydrogens is 348 g/mol. The Morgan fingerprint density at radius 2 is 1.71 bits per heavy atom. The Kier molecular flexibility index (Phi) is 5.11. The number of hydrogen-bond acceptors (Lipinski definition) is 2. The summed E-state index contributed by atoms with van der Waals surface area (Å²) in [6.07, 6.45) is 0.945. The Balaban J connectivity index is 1.35. The largest absolute Gasteiger partial charge is 0.344 e. The minimum atomic E-state index is -0.418. The molecule has 0 unspecified atom stereocenters. The Labute approximate surface area is 165 Å². The lowest BCUT2D eigenvalue weighted by Crippen LogP contribution is -2.41. The van der Waals surface area contributed by atoms with Crippen LogP contribution in [-0.4, -0.2) is 29.3 Å². The molecule has 3 aromatic rings. The van der Waals surface area contributed by atoms with Crippen LogP contribution in [0.1, 0.15) is 23.1 Å². The van der Waals surface area contributed by atoms with Gasteiger partial charge in [-0.25, -0.2) is 0 Å². The summed E-state index contributed by atoms with van der Waals surface area (Å²) in [6, 6.07) is 21.9. The van der Waals surface area contributed by atoms with E-state index in [-0.39, 0.29) is 18.2 Å². The molecule has 1 aliphatic rings. The second kappa shape index (κ2) is 7.85. The smallest absolute Gasteiger partial charge is 0.245 e. The predicted octanol–water partition coefficient (Wildman–Crippen LogP) is 3.61. The van der Waals surface area contributed by atoms with Crippen LogP contribution < -0.4 is 5.32 Å². The van der Waals surface area contributed by atoms with Gasteiger partial charge < -0.3 is 10.2 Å². The van der Waals surface area contributed by atoms with Crippen molar-refractivity contribution >= 4 is 22.6 Å². The number of carbonyl (C=O) groups is 2. The summed E-state index contributed by atoms with van der Waals surface area (Å²) in [4.78, 5) is 26.9. The van der Waals surface area contributed by atoms with Crippen molar-refractivity contribution in [2.45, 2.75) is 32.4 Å². The number of nitrogens with zero attached hydrogens (tertiary/aromatic N) is 1. The minimum Gasteiger partial charge on any atom is -0.344 e. The predicted molar refractivity (Wildman–Crippen MR) is 111 cm³/mol. The summed E-state index contributed by atoms with van der Waals surface area (Å²) in [7, 11) is 0. The number of likely N-dealkylation sites (tertiary alicyclic amines) is 1. The monoisotopic (exact) mass is 372 g/mol. The van der Waals surface area contributed by atoms with E-state index in [0.29, 0.717) is 19.5 Å². The second-order valence-electron chi connectivity index (χ2n) is 7.51. The first-order valence-corrected chi connectivity index (χ1v) is 9.70. The number of fused-ring (bicyclic) bond motifs is 1. The lowest BCUT2D eigenvalue weighted by molar-refractivity contribution is -0.132. The van der Waals surface area contributed by atoms with Crippen LogP contribution in [0.2, 0.25) is 0 Å². The van der Waals surface area contributed by atoms with Crippen molar-refractivity contribution in [1.29, 1.82) is 0 Å². The Bertz CT molecular complexity index is 1010. The first-order chi connectivity index (χ1) is 13.6. The van der Waals surface area contributed by atoms with Crippen LogP contribution >= 0.6 is 0 Å². The molecule has 4 heteroatoms. The summed E-state index contributed by atoms with van der Waals surface area (Å²) >= 11 is 0. The van der Waals surface area contributed by atoms with Crippen LogP contribution in [-0.2, 0) is 22.6 Å². The average molecular weight is 372 g/mol. The standard InChI is InChI=1S/C24H24N2O2/c1-17-6-8-18(9-7-17)16-26-13-12-22(24(26)28)25-23(27)15-19-10-11-20-4-2-3-5-21(20)14-19/h2-11,14,22H,12-13,15-16H2,1H3,(H,25,27)/t22-/m1/s1. The van der Waals surface area contributed by atoms with Gasteiger partial charge in [0.05, 0.1) is 6.42 Å². The average Bonchev–Trinajstić information content (AvgIpc) is 3.03. The maximum Gasteiger partial charge on any atom is 0.245 e. The minimum absolute atomic E-state index is 0.00689. The van der Waals surface area contributed by atoms with Gasteiger partial charge in [-0.15, -0.1) is 0 Å². The lowest BCUT2D eigenvalue weighted by Gasteiger charge is -2.17. The number of rotatable bonds is 5. The Morgan fingerprint density at radius 3 is 2.50 bits per heavy atom. The fraction of sp³-hybridized carbons (Fsp3) is 0.250. The van der Waals surface area contributed by atoms with Gasteiger partial charge in [-0.2, -0.15) is 0 Å². The number of aryl methyl sites for hydroxylation is 1. The van der Waals surface area contributed by atoms with E-state index in [1.807, 2.05) is 60.4 Å². The molecule has 3 aromatic carbocycles. The van der Waals surface area contributed by atoms with Gasteiger partial charge in [-0.05, 0) is 35.2 Å². The molecule has 0 spiro atoms. The number of hydrogen-bond donors (Lipinski definition) is 1. The fourth-order valence-corrected chi connectivity index (χ4v) is 3.72. The highest BCUT2D eigenvalue weighted by Crippen LogP contribution is 2.18. The van der Waals surface area contributed by atoms with E-state index >= 15 is 0 Å². The summed E-state index contributed by atoms with van der Waals surface area (Å²) in [5.74, 6) is -0.0988. The highest BCUT2D eigenvalue weighted by molar-refractivity contribution is 5.90. The van der Waals surface area contributed by atoms with E-state index in [9.17, 15) is 9.59 Å². The van der Waals surface area contributed by atoms with E-state index in [2.05, 4.69) is 23.5 Å². The Morgan fingerprint density at radius 1 is 1.00 bits per heavy atom. The highest BCUT2D eigenvalue weighted by Gasteiger charge is 2.32. The molecule has 4 nitrogen and oxygen atoms in total. The number of nitrogens with one attached hydrogen (secondary N) is 1. The summed E-state index contributed by atoms with van der Waals surface area (Å²) in [6.45, 7) is 3.32. The molecule has 1 fully saturated rings.